The minimum Gasteiger partial charge on any atom is -0.487 e. The van der Waals surface area contributed by atoms with Gasteiger partial charge in [0.2, 0.25) is 0 Å². The van der Waals surface area contributed by atoms with Crippen LogP contribution in [0.25, 0.3) is 5.57 Å². The van der Waals surface area contributed by atoms with Gasteiger partial charge in [0.25, 0.3) is 0 Å². The maximum atomic E-state index is 10.6. The second kappa shape index (κ2) is 10.7. The molecule has 1 fully saturated rings. The molecule has 5 nitrogen and oxygen atoms in total. The predicted molar refractivity (Wildman–Crippen MR) is 145 cm³/mol. The highest BCUT2D eigenvalue weighted by molar-refractivity contribution is 6.30. The van der Waals surface area contributed by atoms with Crippen molar-refractivity contribution in [1.82, 2.24) is 15.2 Å². The van der Waals surface area contributed by atoms with Crippen LogP contribution in [0.5, 0.6) is 5.75 Å². The molecule has 188 valence electrons. The fourth-order valence-corrected chi connectivity index (χ4v) is 5.14. The van der Waals surface area contributed by atoms with Gasteiger partial charge in [-0.25, -0.2) is 0 Å². The van der Waals surface area contributed by atoms with Gasteiger partial charge in [-0.15, -0.1) is 0 Å². The number of nitrogens with zero attached hydrogens (tertiary/aromatic N) is 2. The van der Waals surface area contributed by atoms with E-state index in [1.807, 2.05) is 50.4 Å². The molecule has 1 atom stereocenters. The first kappa shape index (κ1) is 25.0. The van der Waals surface area contributed by atoms with E-state index in [0.29, 0.717) is 12.6 Å². The Morgan fingerprint density at radius 3 is 2.81 bits per heavy atom. The van der Waals surface area contributed by atoms with Crippen LogP contribution in [0.2, 0.25) is 5.02 Å². The van der Waals surface area contributed by atoms with Crippen molar-refractivity contribution in [1.29, 1.82) is 0 Å². The molecule has 2 N–H and O–H groups in total. The van der Waals surface area contributed by atoms with Gasteiger partial charge < -0.3 is 20.1 Å². The van der Waals surface area contributed by atoms with Crippen molar-refractivity contribution in [2.45, 2.75) is 51.5 Å². The molecule has 5 rings (SSSR count). The molecule has 0 saturated carbocycles. The third-order valence-electron chi connectivity index (χ3n) is 7.10. The molecule has 0 amide bonds. The van der Waals surface area contributed by atoms with E-state index in [1.165, 1.54) is 5.56 Å². The number of nitrogens with one attached hydrogen (secondary N) is 1. The van der Waals surface area contributed by atoms with Gasteiger partial charge in [0.1, 0.15) is 12.4 Å². The number of fused-ring (bicyclic) bond motifs is 2. The third-order valence-corrected chi connectivity index (χ3v) is 7.35. The molecule has 3 aromatic rings. The average Bonchev–Trinajstić information content (AvgIpc) is 3.26. The van der Waals surface area contributed by atoms with Crippen LogP contribution >= 0.6 is 11.6 Å². The van der Waals surface area contributed by atoms with Gasteiger partial charge in [-0.05, 0) is 80.3 Å². The zero-order chi connectivity index (χ0) is 25.1. The summed E-state index contributed by atoms with van der Waals surface area (Å²) in [5.74, 6) is 0.833. The van der Waals surface area contributed by atoms with Crippen LogP contribution in [0.15, 0.2) is 66.9 Å². The lowest BCUT2D eigenvalue weighted by atomic mass is 9.90. The summed E-state index contributed by atoms with van der Waals surface area (Å²) in [6.45, 7) is 8.09. The van der Waals surface area contributed by atoms with Gasteiger partial charge >= 0.3 is 0 Å². The van der Waals surface area contributed by atoms with Crippen molar-refractivity contribution in [2.75, 3.05) is 19.6 Å². The van der Waals surface area contributed by atoms with Crippen LogP contribution in [-0.4, -0.2) is 40.7 Å². The Labute approximate surface area is 218 Å². The second-order valence-corrected chi connectivity index (χ2v) is 10.7. The highest BCUT2D eigenvalue weighted by Gasteiger charge is 2.25. The standard InChI is InChI=1S/C30H34ClN3O2/c1-30(2,35)22-9-12-29-27(17-22)25(26-5-3-14-32-28(26)20-36-29)6-4-15-34-16-13-24(19-34)33-18-21-7-10-23(31)11-8-21/h3,5-12,14,17,24,33,35H,4,13,15-16,18-20H2,1-2H3/b25-6+/t24-/m0/s1. The predicted octanol–water partition coefficient (Wildman–Crippen LogP) is 5.54. The smallest absolute Gasteiger partial charge is 0.131 e. The maximum absolute atomic E-state index is 10.6. The minimum absolute atomic E-state index is 0.440. The van der Waals surface area contributed by atoms with E-state index >= 15 is 0 Å². The molecule has 0 spiro atoms. The minimum atomic E-state index is -0.923. The van der Waals surface area contributed by atoms with E-state index < -0.39 is 5.60 Å². The van der Waals surface area contributed by atoms with Crippen LogP contribution in [0.1, 0.15) is 54.6 Å². The Hall–Kier alpha value is -2.70. The molecule has 1 saturated heterocycles. The number of ether oxygens (including phenoxy) is 1. The summed E-state index contributed by atoms with van der Waals surface area (Å²) >= 11 is 6.00. The van der Waals surface area contributed by atoms with Crippen molar-refractivity contribution in [3.8, 4) is 5.75 Å². The lowest BCUT2D eigenvalue weighted by molar-refractivity contribution is 0.0785. The van der Waals surface area contributed by atoms with Crippen LogP contribution in [0.4, 0.5) is 0 Å². The van der Waals surface area contributed by atoms with E-state index in [-0.39, 0.29) is 0 Å². The number of pyridine rings is 1. The first-order valence-electron chi connectivity index (χ1n) is 12.7. The van der Waals surface area contributed by atoms with Crippen molar-refractivity contribution in [3.05, 3.63) is 99.8 Å². The maximum Gasteiger partial charge on any atom is 0.131 e. The largest absolute Gasteiger partial charge is 0.487 e. The summed E-state index contributed by atoms with van der Waals surface area (Å²) in [6, 6.07) is 18.6. The van der Waals surface area contributed by atoms with E-state index in [1.54, 1.807) is 0 Å². The van der Waals surface area contributed by atoms with E-state index in [9.17, 15) is 5.11 Å². The quantitative estimate of drug-likeness (QED) is 0.443. The molecule has 1 aromatic heterocycles. The number of benzene rings is 2. The van der Waals surface area contributed by atoms with Crippen molar-refractivity contribution in [2.24, 2.45) is 0 Å². The van der Waals surface area contributed by atoms with E-state index in [4.69, 9.17) is 16.3 Å². The topological polar surface area (TPSA) is 57.6 Å². The monoisotopic (exact) mass is 503 g/mol. The second-order valence-electron chi connectivity index (χ2n) is 10.3. The number of likely N-dealkylation sites (tertiary alicyclic amines) is 1. The number of halogens is 1. The molecule has 6 heteroatoms. The fraction of sp³-hybridized carbons (Fsp3) is 0.367. The first-order chi connectivity index (χ1) is 17.4. The highest BCUT2D eigenvalue weighted by Crippen LogP contribution is 2.38. The number of hydrogen-bond acceptors (Lipinski definition) is 5. The van der Waals surface area contributed by atoms with Gasteiger partial charge in [0.05, 0.1) is 11.3 Å². The zero-order valence-corrected chi connectivity index (χ0v) is 21.8. The zero-order valence-electron chi connectivity index (χ0n) is 21.0. The SMILES string of the molecule is CC(C)(O)c1ccc2c(c1)/C(=C/CCN1CC[C@H](NCc3ccc(Cl)cc3)C1)c1cccnc1CO2. The number of hydrogen-bond donors (Lipinski definition) is 2. The van der Waals surface area contributed by atoms with Crippen molar-refractivity contribution < 1.29 is 9.84 Å². The van der Waals surface area contributed by atoms with Gasteiger partial charge in [0.15, 0.2) is 0 Å². The first-order valence-corrected chi connectivity index (χ1v) is 13.1. The van der Waals surface area contributed by atoms with E-state index in [0.717, 1.165) is 77.8 Å². The number of aliphatic hydroxyl groups is 1. The van der Waals surface area contributed by atoms with Crippen LogP contribution in [0.3, 0.4) is 0 Å². The number of aromatic nitrogens is 1. The fourth-order valence-electron chi connectivity index (χ4n) is 5.01. The Morgan fingerprint density at radius 1 is 1.17 bits per heavy atom. The van der Waals surface area contributed by atoms with Crippen molar-refractivity contribution >= 4 is 17.2 Å². The number of rotatable bonds is 7. The summed E-state index contributed by atoms with van der Waals surface area (Å²) in [7, 11) is 0. The molecule has 0 aliphatic carbocycles. The van der Waals surface area contributed by atoms with Crippen LogP contribution in [0, 0.1) is 0 Å². The van der Waals surface area contributed by atoms with Gasteiger partial charge in [-0.1, -0.05) is 41.9 Å². The molecular formula is C30H34ClN3O2. The summed E-state index contributed by atoms with van der Waals surface area (Å²) in [6.07, 6.45) is 6.22. The molecule has 3 heterocycles. The van der Waals surface area contributed by atoms with E-state index in [2.05, 4.69) is 45.5 Å². The lowest BCUT2D eigenvalue weighted by Gasteiger charge is -2.20. The lowest BCUT2D eigenvalue weighted by Crippen LogP contribution is -2.32. The summed E-state index contributed by atoms with van der Waals surface area (Å²) < 4.78 is 6.13. The van der Waals surface area contributed by atoms with Gasteiger partial charge in [-0.3, -0.25) is 4.98 Å². The molecular weight excluding hydrogens is 470 g/mol. The molecule has 2 aliphatic rings. The molecule has 2 aromatic carbocycles. The van der Waals surface area contributed by atoms with Crippen molar-refractivity contribution in [3.63, 3.8) is 0 Å². The highest BCUT2D eigenvalue weighted by atomic mass is 35.5. The summed E-state index contributed by atoms with van der Waals surface area (Å²) in [5.41, 5.74) is 5.41. The molecule has 36 heavy (non-hydrogen) atoms. The third kappa shape index (κ3) is 5.81. The van der Waals surface area contributed by atoms with Gasteiger partial charge in [0, 0.05) is 48.0 Å². The summed E-state index contributed by atoms with van der Waals surface area (Å²) in [4.78, 5) is 7.12. The summed E-state index contributed by atoms with van der Waals surface area (Å²) in [5, 5.41) is 15.1. The Bertz CT molecular complexity index is 1230. The molecule has 2 aliphatic heterocycles. The van der Waals surface area contributed by atoms with Crippen LogP contribution < -0.4 is 10.1 Å². The molecule has 0 unspecified atom stereocenters. The molecule has 0 radical (unpaired) electrons. The normalized spacial score (nSPS) is 19.0. The van der Waals surface area contributed by atoms with Crippen LogP contribution in [-0.2, 0) is 18.8 Å². The Balaban J connectivity index is 1.28. The molecule has 0 bridgehead atoms. The Kier molecular flexibility index (Phi) is 7.44. The average molecular weight is 504 g/mol. The van der Waals surface area contributed by atoms with Gasteiger partial charge in [-0.2, -0.15) is 0 Å². The Morgan fingerprint density at radius 2 is 2.00 bits per heavy atom.